The maximum absolute atomic E-state index is 5.14. The van der Waals surface area contributed by atoms with Crippen LogP contribution in [0.2, 0.25) is 0 Å². The van der Waals surface area contributed by atoms with Crippen LogP contribution < -0.4 is 31.0 Å². The Morgan fingerprint density at radius 2 is 1.07 bits per heavy atom. The summed E-state index contributed by atoms with van der Waals surface area (Å²) in [6.07, 6.45) is 2.87. The minimum Gasteiger partial charge on any atom is -0.497 e. The number of nitrogens with zero attached hydrogens (tertiary/aromatic N) is 2. The van der Waals surface area contributed by atoms with E-state index in [2.05, 4.69) is 31.7 Å². The van der Waals surface area contributed by atoms with Gasteiger partial charge in [0, 0.05) is 11.4 Å². The minimum atomic E-state index is 0.347. The van der Waals surface area contributed by atoms with Crippen molar-refractivity contribution in [2.24, 2.45) is 10.2 Å². The third-order valence-corrected chi connectivity index (χ3v) is 3.63. The molecule has 10 heteroatoms. The number of hydrogen-bond donors (Lipinski definition) is 4. The second-order valence-electron chi connectivity index (χ2n) is 5.15. The van der Waals surface area contributed by atoms with Gasteiger partial charge >= 0.3 is 0 Å². The summed E-state index contributed by atoms with van der Waals surface area (Å²) in [4.78, 5) is 0. The molecule has 0 atom stereocenters. The lowest BCUT2D eigenvalue weighted by molar-refractivity contribution is 0.415. The van der Waals surface area contributed by atoms with Crippen molar-refractivity contribution in [2.75, 3.05) is 24.9 Å². The molecule has 0 heterocycles. The quantitative estimate of drug-likeness (QED) is 0.311. The van der Waals surface area contributed by atoms with E-state index in [0.717, 1.165) is 22.9 Å². The fourth-order valence-corrected chi connectivity index (χ4v) is 2.27. The van der Waals surface area contributed by atoms with Gasteiger partial charge in [-0.3, -0.25) is 10.9 Å². The van der Waals surface area contributed by atoms with Gasteiger partial charge in [-0.1, -0.05) is 0 Å². The molecule has 0 aromatic heterocycles. The molecular weight excluding hydrogens is 396 g/mol. The van der Waals surface area contributed by atoms with Gasteiger partial charge in [-0.05, 0) is 73.0 Å². The minimum absolute atomic E-state index is 0.347. The molecule has 0 spiro atoms. The smallest absolute Gasteiger partial charge is 0.191 e. The molecule has 0 aliphatic carbocycles. The molecule has 4 N–H and O–H groups in total. The van der Waals surface area contributed by atoms with E-state index in [9.17, 15) is 0 Å². The maximum Gasteiger partial charge on any atom is 0.191 e. The molecule has 2 rings (SSSR count). The first-order valence-corrected chi connectivity index (χ1v) is 8.89. The van der Waals surface area contributed by atoms with Gasteiger partial charge in [-0.25, -0.2) is 0 Å². The molecule has 0 unspecified atom stereocenters. The van der Waals surface area contributed by atoms with Gasteiger partial charge in [0.15, 0.2) is 10.2 Å². The molecule has 0 fully saturated rings. The standard InChI is InChI=1S/C18H20N6O2S2/c1-25-15-7-3-13(4-8-15)21-17(27)23-19-11-12-20-24-18(28)22-14-5-9-16(26-2)10-6-14/h3-12H,1-2H3,(H2,21,23,27)(H2,22,24,28). The van der Waals surface area contributed by atoms with E-state index >= 15 is 0 Å². The molecule has 0 saturated heterocycles. The van der Waals surface area contributed by atoms with Crippen LogP contribution in [0.1, 0.15) is 0 Å². The summed E-state index contributed by atoms with van der Waals surface area (Å²) in [5.74, 6) is 1.54. The largest absolute Gasteiger partial charge is 0.497 e. The van der Waals surface area contributed by atoms with Gasteiger partial charge in [0.25, 0.3) is 0 Å². The number of anilines is 2. The van der Waals surface area contributed by atoms with Crippen LogP contribution in [0, 0.1) is 0 Å². The van der Waals surface area contributed by atoms with Crippen LogP contribution >= 0.6 is 24.4 Å². The molecule has 0 bridgehead atoms. The molecule has 8 nitrogen and oxygen atoms in total. The zero-order chi connectivity index (χ0) is 20.2. The molecule has 146 valence electrons. The van der Waals surface area contributed by atoms with Crippen LogP contribution in [-0.4, -0.2) is 36.9 Å². The van der Waals surface area contributed by atoms with Crippen LogP contribution in [0.3, 0.4) is 0 Å². The number of hydrazone groups is 2. The van der Waals surface area contributed by atoms with E-state index in [4.69, 9.17) is 33.9 Å². The molecule has 0 aliphatic heterocycles. The van der Waals surface area contributed by atoms with Crippen molar-refractivity contribution in [1.82, 2.24) is 10.9 Å². The molecule has 28 heavy (non-hydrogen) atoms. The molecule has 2 aromatic rings. The molecule has 0 radical (unpaired) electrons. The van der Waals surface area contributed by atoms with E-state index in [-0.39, 0.29) is 0 Å². The highest BCUT2D eigenvalue weighted by atomic mass is 32.1. The summed E-state index contributed by atoms with van der Waals surface area (Å²) in [6, 6.07) is 14.7. The van der Waals surface area contributed by atoms with Gasteiger partial charge in [-0.15, -0.1) is 0 Å². The van der Waals surface area contributed by atoms with Crippen LogP contribution in [0.5, 0.6) is 11.5 Å². The van der Waals surface area contributed by atoms with E-state index in [1.807, 2.05) is 48.5 Å². The molecular formula is C18H20N6O2S2. The average Bonchev–Trinajstić information content (AvgIpc) is 2.71. The van der Waals surface area contributed by atoms with Crippen LogP contribution in [0.15, 0.2) is 58.7 Å². The van der Waals surface area contributed by atoms with Crippen molar-refractivity contribution >= 4 is 58.5 Å². The van der Waals surface area contributed by atoms with E-state index in [0.29, 0.717) is 10.2 Å². The summed E-state index contributed by atoms with van der Waals surface area (Å²) in [5, 5.41) is 14.5. The molecule has 2 aromatic carbocycles. The van der Waals surface area contributed by atoms with Gasteiger partial charge < -0.3 is 20.1 Å². The Kier molecular flexibility index (Phi) is 8.63. The van der Waals surface area contributed by atoms with Crippen molar-refractivity contribution in [3.63, 3.8) is 0 Å². The highest BCUT2D eigenvalue weighted by Gasteiger charge is 1.97. The molecule has 0 amide bonds. The average molecular weight is 417 g/mol. The van der Waals surface area contributed by atoms with Gasteiger partial charge in [-0.2, -0.15) is 10.2 Å². The lowest BCUT2D eigenvalue weighted by Crippen LogP contribution is -2.24. The Balaban J connectivity index is 1.67. The first-order valence-electron chi connectivity index (χ1n) is 8.07. The number of hydrogen-bond acceptors (Lipinski definition) is 6. The third kappa shape index (κ3) is 7.56. The lowest BCUT2D eigenvalue weighted by atomic mass is 10.3. The summed E-state index contributed by atoms with van der Waals surface area (Å²) in [5.41, 5.74) is 6.99. The summed E-state index contributed by atoms with van der Waals surface area (Å²) >= 11 is 10.3. The zero-order valence-corrected chi connectivity index (χ0v) is 16.9. The fourth-order valence-electron chi connectivity index (χ4n) is 1.93. The Labute approximate surface area is 174 Å². The first-order chi connectivity index (χ1) is 13.6. The third-order valence-electron chi connectivity index (χ3n) is 3.24. The lowest BCUT2D eigenvalue weighted by Gasteiger charge is -2.07. The Morgan fingerprint density at radius 3 is 1.39 bits per heavy atom. The number of methoxy groups -OCH3 is 2. The predicted molar refractivity (Wildman–Crippen MR) is 122 cm³/mol. The maximum atomic E-state index is 5.14. The fraction of sp³-hybridized carbons (Fsp3) is 0.111. The van der Waals surface area contributed by atoms with Crippen LogP contribution in [0.4, 0.5) is 11.4 Å². The van der Waals surface area contributed by atoms with Crippen LogP contribution in [-0.2, 0) is 0 Å². The highest BCUT2D eigenvalue weighted by Crippen LogP contribution is 2.15. The van der Waals surface area contributed by atoms with Crippen LogP contribution in [0.25, 0.3) is 0 Å². The predicted octanol–water partition coefficient (Wildman–Crippen LogP) is 2.95. The number of ether oxygens (including phenoxy) is 2. The van der Waals surface area contributed by atoms with Gasteiger partial charge in [0.05, 0.1) is 26.6 Å². The second kappa shape index (κ2) is 11.5. The van der Waals surface area contributed by atoms with Gasteiger partial charge in [0.2, 0.25) is 0 Å². The van der Waals surface area contributed by atoms with Gasteiger partial charge in [0.1, 0.15) is 11.5 Å². The molecule has 0 saturated carbocycles. The monoisotopic (exact) mass is 416 g/mol. The Morgan fingerprint density at radius 1 is 0.714 bits per heavy atom. The van der Waals surface area contributed by atoms with Crippen molar-refractivity contribution in [3.05, 3.63) is 48.5 Å². The normalized spacial score (nSPS) is 10.5. The first kappa shape index (κ1) is 21.1. The van der Waals surface area contributed by atoms with E-state index in [1.54, 1.807) is 14.2 Å². The Bertz CT molecular complexity index is 767. The SMILES string of the molecule is COc1ccc(NC(=S)NN=CC=NNC(=S)Nc2ccc(OC)cc2)cc1. The van der Waals surface area contributed by atoms with Crippen molar-refractivity contribution in [2.45, 2.75) is 0 Å². The summed E-state index contributed by atoms with van der Waals surface area (Å²) < 4.78 is 10.2. The number of rotatable bonds is 7. The molecule has 0 aliphatic rings. The van der Waals surface area contributed by atoms with Crippen molar-refractivity contribution in [1.29, 1.82) is 0 Å². The summed E-state index contributed by atoms with van der Waals surface area (Å²) in [7, 11) is 3.23. The van der Waals surface area contributed by atoms with Crippen molar-refractivity contribution < 1.29 is 9.47 Å². The zero-order valence-electron chi connectivity index (χ0n) is 15.3. The number of nitrogens with one attached hydrogen (secondary N) is 4. The Hall–Kier alpha value is -3.24. The van der Waals surface area contributed by atoms with E-state index < -0.39 is 0 Å². The number of thiocarbonyl (C=S) groups is 2. The second-order valence-corrected chi connectivity index (χ2v) is 5.96. The van der Waals surface area contributed by atoms with E-state index in [1.165, 1.54) is 12.4 Å². The van der Waals surface area contributed by atoms with Crippen molar-refractivity contribution in [3.8, 4) is 11.5 Å². The topological polar surface area (TPSA) is 91.3 Å². The summed E-state index contributed by atoms with van der Waals surface area (Å²) in [6.45, 7) is 0. The number of benzene rings is 2. The highest BCUT2D eigenvalue weighted by molar-refractivity contribution is 7.80.